The van der Waals surface area contributed by atoms with Gasteiger partial charge in [0.25, 0.3) is 5.91 Å². The Morgan fingerprint density at radius 1 is 1.43 bits per heavy atom. The van der Waals surface area contributed by atoms with Crippen molar-refractivity contribution in [2.24, 2.45) is 0 Å². The van der Waals surface area contributed by atoms with Crippen LogP contribution in [0.3, 0.4) is 0 Å². The van der Waals surface area contributed by atoms with Crippen molar-refractivity contribution in [2.45, 2.75) is 18.7 Å². The number of aliphatic hydroxyl groups is 1. The Morgan fingerprint density at radius 2 is 2.10 bits per heavy atom. The van der Waals surface area contributed by atoms with Gasteiger partial charge in [-0.25, -0.2) is 4.39 Å². The fourth-order valence-electron chi connectivity index (χ4n) is 1.65. The summed E-state index contributed by atoms with van der Waals surface area (Å²) in [5.41, 5.74) is -2.18. The number of ether oxygens (including phenoxy) is 1. The zero-order chi connectivity index (χ0) is 16.0. The number of hydrogen-bond donors (Lipinski definition) is 2. The summed E-state index contributed by atoms with van der Waals surface area (Å²) >= 11 is 0. The smallest absolute Gasteiger partial charge is 0.391 e. The molecule has 1 amide bonds. The number of nitrogens with one attached hydrogen (secondary N) is 1. The van der Waals surface area contributed by atoms with E-state index in [1.807, 2.05) is 0 Å². The van der Waals surface area contributed by atoms with Crippen LogP contribution in [-0.2, 0) is 10.9 Å². The number of hydrogen-bond acceptors (Lipinski definition) is 3. The van der Waals surface area contributed by atoms with E-state index in [4.69, 9.17) is 0 Å². The van der Waals surface area contributed by atoms with E-state index in [2.05, 4.69) is 10.1 Å². The van der Waals surface area contributed by atoms with Gasteiger partial charge in [0.15, 0.2) is 0 Å². The lowest BCUT2D eigenvalue weighted by Crippen LogP contribution is -2.29. The molecule has 0 saturated carbocycles. The van der Waals surface area contributed by atoms with E-state index in [1.54, 1.807) is 0 Å². The number of carbonyl (C=O) groups is 1. The van der Waals surface area contributed by atoms with Crippen molar-refractivity contribution in [2.75, 3.05) is 20.3 Å². The van der Waals surface area contributed by atoms with Crippen molar-refractivity contribution in [1.29, 1.82) is 0 Å². The van der Waals surface area contributed by atoms with Crippen molar-refractivity contribution < 1.29 is 32.2 Å². The number of alkyl halides is 3. The van der Waals surface area contributed by atoms with Crippen LogP contribution in [0.15, 0.2) is 18.2 Å². The Hall–Kier alpha value is -1.67. The molecule has 1 atom stereocenters. The first-order chi connectivity index (χ1) is 9.77. The molecule has 1 aromatic carbocycles. The third-order valence-electron chi connectivity index (χ3n) is 2.67. The molecular weight excluding hydrogens is 294 g/mol. The van der Waals surface area contributed by atoms with Crippen LogP contribution in [0.5, 0.6) is 0 Å². The summed E-state index contributed by atoms with van der Waals surface area (Å²) in [5, 5.41) is 11.6. The van der Waals surface area contributed by atoms with Gasteiger partial charge in [-0.2, -0.15) is 13.2 Å². The molecule has 2 N–H and O–H groups in total. The lowest BCUT2D eigenvalue weighted by atomic mass is 10.1. The van der Waals surface area contributed by atoms with Crippen LogP contribution in [0, 0.1) is 5.82 Å². The van der Waals surface area contributed by atoms with Crippen molar-refractivity contribution in [3.63, 3.8) is 0 Å². The second kappa shape index (κ2) is 7.37. The van der Waals surface area contributed by atoms with E-state index in [0.29, 0.717) is 6.07 Å². The highest BCUT2D eigenvalue weighted by atomic mass is 19.4. The molecule has 0 aliphatic heterocycles. The summed E-state index contributed by atoms with van der Waals surface area (Å²) in [4.78, 5) is 11.7. The topological polar surface area (TPSA) is 58.6 Å². The molecule has 0 aliphatic carbocycles. The van der Waals surface area contributed by atoms with Gasteiger partial charge in [-0.05, 0) is 18.6 Å². The van der Waals surface area contributed by atoms with Gasteiger partial charge in [0.2, 0.25) is 0 Å². The summed E-state index contributed by atoms with van der Waals surface area (Å²) < 4.78 is 55.9. The first kappa shape index (κ1) is 17.4. The van der Waals surface area contributed by atoms with Crippen LogP contribution in [0.4, 0.5) is 17.6 Å². The van der Waals surface area contributed by atoms with Crippen molar-refractivity contribution in [3.8, 4) is 0 Å². The Morgan fingerprint density at radius 3 is 2.67 bits per heavy atom. The zero-order valence-electron chi connectivity index (χ0n) is 11.2. The second-order valence-electron chi connectivity index (χ2n) is 4.32. The van der Waals surface area contributed by atoms with E-state index < -0.39 is 35.1 Å². The minimum Gasteiger partial charge on any atom is -0.391 e. The Bertz CT molecular complexity index is 491. The minimum atomic E-state index is -4.87. The highest BCUT2D eigenvalue weighted by Gasteiger charge is 2.35. The molecule has 0 spiro atoms. The molecule has 21 heavy (non-hydrogen) atoms. The van der Waals surface area contributed by atoms with E-state index in [9.17, 15) is 27.5 Å². The largest absolute Gasteiger partial charge is 0.419 e. The van der Waals surface area contributed by atoms with Gasteiger partial charge in [-0.3, -0.25) is 4.79 Å². The third-order valence-corrected chi connectivity index (χ3v) is 2.67. The van der Waals surface area contributed by atoms with Gasteiger partial charge < -0.3 is 15.2 Å². The van der Waals surface area contributed by atoms with Crippen molar-refractivity contribution in [1.82, 2.24) is 5.32 Å². The molecule has 1 aromatic rings. The monoisotopic (exact) mass is 309 g/mol. The number of aliphatic hydroxyl groups excluding tert-OH is 1. The van der Waals surface area contributed by atoms with Crippen molar-refractivity contribution >= 4 is 5.91 Å². The average molecular weight is 309 g/mol. The third kappa shape index (κ3) is 4.98. The molecule has 0 bridgehead atoms. The van der Waals surface area contributed by atoms with Gasteiger partial charge in [0.05, 0.1) is 23.8 Å². The second-order valence-corrected chi connectivity index (χ2v) is 4.32. The van der Waals surface area contributed by atoms with Crippen molar-refractivity contribution in [3.05, 3.63) is 35.1 Å². The van der Waals surface area contributed by atoms with Crippen LogP contribution in [0.25, 0.3) is 0 Å². The Balaban J connectivity index is 2.71. The maximum atomic E-state index is 13.7. The first-order valence-corrected chi connectivity index (χ1v) is 6.08. The van der Waals surface area contributed by atoms with Crippen LogP contribution >= 0.6 is 0 Å². The quantitative estimate of drug-likeness (QED) is 0.790. The molecule has 0 heterocycles. The molecule has 1 rings (SSSR count). The van der Waals surface area contributed by atoms with E-state index in [1.165, 1.54) is 7.11 Å². The van der Waals surface area contributed by atoms with Crippen LogP contribution in [0.2, 0.25) is 0 Å². The van der Waals surface area contributed by atoms with Crippen LogP contribution in [-0.4, -0.2) is 37.4 Å². The maximum Gasteiger partial charge on any atom is 0.419 e. The Kier molecular flexibility index (Phi) is 6.10. The first-order valence-electron chi connectivity index (χ1n) is 6.08. The van der Waals surface area contributed by atoms with E-state index >= 15 is 0 Å². The predicted octanol–water partition coefficient (Wildman–Crippen LogP) is 1.97. The molecule has 0 aromatic heterocycles. The van der Waals surface area contributed by atoms with E-state index in [0.717, 1.165) is 12.1 Å². The molecule has 0 saturated heterocycles. The van der Waals surface area contributed by atoms with Crippen LogP contribution < -0.4 is 5.32 Å². The van der Waals surface area contributed by atoms with Gasteiger partial charge in [-0.1, -0.05) is 6.07 Å². The van der Waals surface area contributed by atoms with Gasteiger partial charge in [0, 0.05) is 13.7 Å². The number of rotatable bonds is 6. The summed E-state index contributed by atoms with van der Waals surface area (Å²) in [6.45, 7) is 0.0484. The minimum absolute atomic E-state index is 0.0148. The SMILES string of the molecule is COCC(O)CCNC(=O)c1cccc(C(F)(F)F)c1F. The highest BCUT2D eigenvalue weighted by Crippen LogP contribution is 2.32. The predicted molar refractivity (Wildman–Crippen MR) is 66.2 cm³/mol. The number of carbonyl (C=O) groups excluding carboxylic acids is 1. The molecular formula is C13H15F4NO3. The summed E-state index contributed by atoms with van der Waals surface area (Å²) in [6, 6.07) is 2.49. The summed E-state index contributed by atoms with van der Waals surface area (Å²) in [5.74, 6) is -2.58. The molecule has 118 valence electrons. The maximum absolute atomic E-state index is 13.7. The molecule has 4 nitrogen and oxygen atoms in total. The fourth-order valence-corrected chi connectivity index (χ4v) is 1.65. The number of benzene rings is 1. The Labute approximate surface area is 118 Å². The van der Waals surface area contributed by atoms with E-state index in [-0.39, 0.29) is 19.6 Å². The average Bonchev–Trinajstić information content (AvgIpc) is 2.37. The molecule has 8 heteroatoms. The molecule has 0 aliphatic rings. The number of halogens is 4. The lowest BCUT2D eigenvalue weighted by molar-refractivity contribution is -0.140. The fraction of sp³-hybridized carbons (Fsp3) is 0.462. The summed E-state index contributed by atoms with van der Waals surface area (Å²) in [6.07, 6.45) is -5.54. The van der Waals surface area contributed by atoms with Gasteiger partial charge >= 0.3 is 6.18 Å². The normalized spacial score (nSPS) is 13.0. The standard InChI is InChI=1S/C13H15F4NO3/c1-21-7-8(19)5-6-18-12(20)9-3-2-4-10(11(9)14)13(15,16)17/h2-4,8,19H,5-7H2,1H3,(H,18,20). The molecule has 1 unspecified atom stereocenters. The van der Waals surface area contributed by atoms with Crippen LogP contribution in [0.1, 0.15) is 22.3 Å². The van der Waals surface area contributed by atoms with Gasteiger partial charge in [0.1, 0.15) is 5.82 Å². The highest BCUT2D eigenvalue weighted by molar-refractivity contribution is 5.94. The number of amides is 1. The molecule has 0 radical (unpaired) electrons. The van der Waals surface area contributed by atoms with Gasteiger partial charge in [-0.15, -0.1) is 0 Å². The molecule has 0 fully saturated rings. The zero-order valence-corrected chi connectivity index (χ0v) is 11.2. The lowest BCUT2D eigenvalue weighted by Gasteiger charge is -2.12. The number of methoxy groups -OCH3 is 1. The summed E-state index contributed by atoms with van der Waals surface area (Å²) in [7, 11) is 1.39.